The number of hydrogen-bond donors (Lipinski definition) is 2. The van der Waals surface area contributed by atoms with E-state index in [2.05, 4.69) is 0 Å². The highest BCUT2D eigenvalue weighted by Crippen LogP contribution is 2.22. The molecule has 4 N–H and O–H groups in total. The van der Waals surface area contributed by atoms with Crippen molar-refractivity contribution in [2.75, 3.05) is 24.2 Å². The molecule has 4 nitrogen and oxygen atoms in total. The van der Waals surface area contributed by atoms with E-state index < -0.39 is 18.9 Å². The van der Waals surface area contributed by atoms with Gasteiger partial charge >= 0.3 is 0 Å². The minimum absolute atomic E-state index is 0.178. The molecule has 0 aromatic heterocycles. The molecule has 0 aliphatic heterocycles. The van der Waals surface area contributed by atoms with Gasteiger partial charge in [-0.15, -0.1) is 0 Å². The Labute approximate surface area is 91.8 Å². The maximum absolute atomic E-state index is 12.2. The van der Waals surface area contributed by atoms with E-state index in [0.29, 0.717) is 11.4 Å². The van der Waals surface area contributed by atoms with Gasteiger partial charge in [-0.3, -0.25) is 4.79 Å². The van der Waals surface area contributed by atoms with Gasteiger partial charge in [0.1, 0.15) is 0 Å². The smallest absolute Gasteiger partial charge is 0.255 e. The van der Waals surface area contributed by atoms with Crippen LogP contribution in [-0.2, 0) is 0 Å². The van der Waals surface area contributed by atoms with Crippen LogP contribution in [0, 0.1) is 0 Å². The van der Waals surface area contributed by atoms with Crippen LogP contribution in [0.25, 0.3) is 0 Å². The number of carbonyl (C=O) groups is 1. The van der Waals surface area contributed by atoms with E-state index in [1.54, 1.807) is 0 Å². The molecule has 0 aliphatic rings. The monoisotopic (exact) mass is 229 g/mol. The van der Waals surface area contributed by atoms with E-state index in [1.807, 2.05) is 0 Å². The van der Waals surface area contributed by atoms with Gasteiger partial charge in [-0.25, -0.2) is 8.78 Å². The van der Waals surface area contributed by atoms with Crippen molar-refractivity contribution in [2.24, 2.45) is 5.73 Å². The van der Waals surface area contributed by atoms with Gasteiger partial charge in [-0.05, 0) is 18.2 Å². The molecule has 0 aliphatic carbocycles. The van der Waals surface area contributed by atoms with Crippen LogP contribution in [0.2, 0.25) is 0 Å². The second-order valence-corrected chi connectivity index (χ2v) is 3.41. The van der Waals surface area contributed by atoms with E-state index in [4.69, 9.17) is 11.5 Å². The van der Waals surface area contributed by atoms with E-state index >= 15 is 0 Å². The number of hydrogen-bond acceptors (Lipinski definition) is 3. The lowest BCUT2D eigenvalue weighted by Gasteiger charge is -2.21. The number of nitrogen functional groups attached to an aromatic ring is 1. The first-order valence-corrected chi connectivity index (χ1v) is 4.60. The summed E-state index contributed by atoms with van der Waals surface area (Å²) in [7, 11) is 1.45. The molecule has 1 aromatic carbocycles. The number of anilines is 2. The number of nitrogens with zero attached hydrogens (tertiary/aromatic N) is 1. The minimum atomic E-state index is -2.49. The first kappa shape index (κ1) is 12.2. The fraction of sp³-hybridized carbons (Fsp3) is 0.300. The molecule has 0 fully saturated rings. The summed E-state index contributed by atoms with van der Waals surface area (Å²) in [6.45, 7) is -0.482. The molecule has 0 radical (unpaired) electrons. The molecule has 0 heterocycles. The molecule has 1 aromatic rings. The second kappa shape index (κ2) is 4.78. The standard InChI is InChI=1S/C10H13F2N3O/c1-15(5-9(11)12)8-4-6(13)2-3-7(8)10(14)16/h2-4,9H,5,13H2,1H3,(H2,14,16). The van der Waals surface area contributed by atoms with Crippen molar-refractivity contribution in [2.45, 2.75) is 6.43 Å². The maximum Gasteiger partial charge on any atom is 0.255 e. The van der Waals surface area contributed by atoms with Crippen LogP contribution in [0.4, 0.5) is 20.2 Å². The minimum Gasteiger partial charge on any atom is -0.399 e. The number of halogens is 2. The number of alkyl halides is 2. The molecule has 0 atom stereocenters. The van der Waals surface area contributed by atoms with Crippen molar-refractivity contribution in [1.29, 1.82) is 0 Å². The van der Waals surface area contributed by atoms with Crippen molar-refractivity contribution >= 4 is 17.3 Å². The number of amides is 1. The van der Waals surface area contributed by atoms with Crippen molar-refractivity contribution < 1.29 is 13.6 Å². The van der Waals surface area contributed by atoms with Crippen LogP contribution in [0.1, 0.15) is 10.4 Å². The Balaban J connectivity index is 3.09. The predicted octanol–water partition coefficient (Wildman–Crippen LogP) is 1.07. The fourth-order valence-corrected chi connectivity index (χ4v) is 1.38. The third kappa shape index (κ3) is 2.82. The number of nitrogens with two attached hydrogens (primary N) is 2. The van der Waals surface area contributed by atoms with Crippen LogP contribution in [0.5, 0.6) is 0 Å². The van der Waals surface area contributed by atoms with Crippen LogP contribution >= 0.6 is 0 Å². The molecular weight excluding hydrogens is 216 g/mol. The fourth-order valence-electron chi connectivity index (χ4n) is 1.38. The summed E-state index contributed by atoms with van der Waals surface area (Å²) in [6, 6.07) is 4.37. The van der Waals surface area contributed by atoms with Gasteiger partial charge in [-0.1, -0.05) is 0 Å². The van der Waals surface area contributed by atoms with Crippen molar-refractivity contribution in [1.82, 2.24) is 0 Å². The lowest BCUT2D eigenvalue weighted by molar-refractivity contribution is 0.1000. The van der Waals surface area contributed by atoms with E-state index in [-0.39, 0.29) is 5.56 Å². The zero-order chi connectivity index (χ0) is 12.3. The van der Waals surface area contributed by atoms with Crippen molar-refractivity contribution in [3.05, 3.63) is 23.8 Å². The molecule has 1 amide bonds. The zero-order valence-corrected chi connectivity index (χ0v) is 8.78. The SMILES string of the molecule is CN(CC(F)F)c1cc(N)ccc1C(N)=O. The van der Waals surface area contributed by atoms with Gasteiger partial charge in [-0.2, -0.15) is 0 Å². The largest absolute Gasteiger partial charge is 0.399 e. The highest BCUT2D eigenvalue weighted by Gasteiger charge is 2.15. The summed E-state index contributed by atoms with van der Waals surface area (Å²) in [4.78, 5) is 12.3. The number of benzene rings is 1. The van der Waals surface area contributed by atoms with Crippen LogP contribution in [-0.4, -0.2) is 25.9 Å². The lowest BCUT2D eigenvalue weighted by atomic mass is 10.1. The summed E-state index contributed by atoms with van der Waals surface area (Å²) in [5.74, 6) is -0.670. The quantitative estimate of drug-likeness (QED) is 0.758. The summed E-state index contributed by atoms with van der Waals surface area (Å²) < 4.78 is 24.4. The average molecular weight is 229 g/mol. The first-order chi connectivity index (χ1) is 7.41. The van der Waals surface area contributed by atoms with Crippen LogP contribution in [0.3, 0.4) is 0 Å². The summed E-state index contributed by atoms with van der Waals surface area (Å²) in [5, 5.41) is 0. The highest BCUT2D eigenvalue weighted by molar-refractivity contribution is 5.99. The molecule has 0 spiro atoms. The third-order valence-corrected chi connectivity index (χ3v) is 2.11. The topological polar surface area (TPSA) is 72.3 Å². The molecule has 0 bridgehead atoms. The molecule has 6 heteroatoms. The Morgan fingerprint density at radius 1 is 1.50 bits per heavy atom. The Hall–Kier alpha value is -1.85. The van der Waals surface area contributed by atoms with Crippen LogP contribution < -0.4 is 16.4 Å². The number of carbonyl (C=O) groups excluding carboxylic acids is 1. The van der Waals surface area contributed by atoms with Gasteiger partial charge in [0.15, 0.2) is 0 Å². The second-order valence-electron chi connectivity index (χ2n) is 3.41. The average Bonchev–Trinajstić information content (AvgIpc) is 2.15. The molecule has 0 unspecified atom stereocenters. The summed E-state index contributed by atoms with van der Waals surface area (Å²) >= 11 is 0. The van der Waals surface area contributed by atoms with E-state index in [0.717, 1.165) is 0 Å². The molecule has 16 heavy (non-hydrogen) atoms. The lowest BCUT2D eigenvalue weighted by Crippen LogP contribution is -2.27. The zero-order valence-electron chi connectivity index (χ0n) is 8.78. The Bertz CT molecular complexity index is 396. The van der Waals surface area contributed by atoms with Gasteiger partial charge in [0, 0.05) is 12.7 Å². The van der Waals surface area contributed by atoms with Gasteiger partial charge in [0.25, 0.3) is 12.3 Å². The summed E-state index contributed by atoms with van der Waals surface area (Å²) in [6.07, 6.45) is -2.49. The highest BCUT2D eigenvalue weighted by atomic mass is 19.3. The van der Waals surface area contributed by atoms with Gasteiger partial charge < -0.3 is 16.4 Å². The Kier molecular flexibility index (Phi) is 3.65. The third-order valence-electron chi connectivity index (χ3n) is 2.11. The van der Waals surface area contributed by atoms with Crippen molar-refractivity contribution in [3.63, 3.8) is 0 Å². The van der Waals surface area contributed by atoms with Gasteiger partial charge in [0.05, 0.1) is 17.8 Å². The Morgan fingerprint density at radius 3 is 2.62 bits per heavy atom. The van der Waals surface area contributed by atoms with Crippen molar-refractivity contribution in [3.8, 4) is 0 Å². The Morgan fingerprint density at radius 2 is 2.12 bits per heavy atom. The molecule has 0 saturated carbocycles. The van der Waals surface area contributed by atoms with E-state index in [9.17, 15) is 13.6 Å². The maximum atomic E-state index is 12.2. The number of rotatable bonds is 4. The predicted molar refractivity (Wildman–Crippen MR) is 58.6 cm³/mol. The first-order valence-electron chi connectivity index (χ1n) is 4.60. The van der Waals surface area contributed by atoms with E-state index in [1.165, 1.54) is 30.1 Å². The normalized spacial score (nSPS) is 10.5. The number of primary amides is 1. The van der Waals surface area contributed by atoms with Gasteiger partial charge in [0.2, 0.25) is 0 Å². The molecular formula is C10H13F2N3O. The summed E-state index contributed by atoms with van der Waals surface area (Å²) in [5.41, 5.74) is 11.6. The molecule has 88 valence electrons. The molecule has 0 saturated heterocycles. The van der Waals surface area contributed by atoms with Crippen LogP contribution in [0.15, 0.2) is 18.2 Å². The molecule has 1 rings (SSSR count).